The second-order valence-corrected chi connectivity index (χ2v) is 3.52. The third-order valence-electron chi connectivity index (χ3n) is 2.20. The van der Waals surface area contributed by atoms with Crippen molar-refractivity contribution in [2.24, 2.45) is 0 Å². The predicted octanol–water partition coefficient (Wildman–Crippen LogP) is 1.91. The maximum atomic E-state index is 13.3. The Morgan fingerprint density at radius 3 is 2.61 bits per heavy atom. The number of anilines is 1. The van der Waals surface area contributed by atoms with Crippen LogP contribution < -0.4 is 10.7 Å². The minimum atomic E-state index is -0.887. The number of carbonyl (C=O) groups excluding carboxylic acids is 1. The summed E-state index contributed by atoms with van der Waals surface area (Å²) < 4.78 is 25.9. The van der Waals surface area contributed by atoms with E-state index in [2.05, 4.69) is 10.3 Å². The van der Waals surface area contributed by atoms with Crippen LogP contribution in [0.5, 0.6) is 0 Å². The van der Waals surface area contributed by atoms with Crippen LogP contribution in [0.2, 0.25) is 0 Å². The number of amides is 1. The van der Waals surface area contributed by atoms with Gasteiger partial charge in [0.2, 0.25) is 0 Å². The number of aromatic nitrogens is 1. The van der Waals surface area contributed by atoms with Crippen molar-refractivity contribution in [2.75, 3.05) is 5.32 Å². The monoisotopic (exact) mass is 250 g/mol. The molecule has 2 aromatic rings. The van der Waals surface area contributed by atoms with Gasteiger partial charge in [0, 0.05) is 24.4 Å². The molecule has 0 saturated heterocycles. The molecule has 0 bridgehead atoms. The van der Waals surface area contributed by atoms with Crippen molar-refractivity contribution in [1.82, 2.24) is 4.98 Å². The lowest BCUT2D eigenvalue weighted by atomic mass is 10.2. The fourth-order valence-corrected chi connectivity index (χ4v) is 1.36. The summed E-state index contributed by atoms with van der Waals surface area (Å²) in [6.45, 7) is 0. The quantitative estimate of drug-likeness (QED) is 0.855. The van der Waals surface area contributed by atoms with Gasteiger partial charge in [0.25, 0.3) is 5.91 Å². The molecule has 0 spiro atoms. The van der Waals surface area contributed by atoms with E-state index in [4.69, 9.17) is 0 Å². The van der Waals surface area contributed by atoms with Crippen molar-refractivity contribution in [3.8, 4) is 0 Å². The van der Waals surface area contributed by atoms with Gasteiger partial charge in [0.15, 0.2) is 5.43 Å². The number of halogens is 2. The van der Waals surface area contributed by atoms with Gasteiger partial charge in [-0.3, -0.25) is 9.59 Å². The summed E-state index contributed by atoms with van der Waals surface area (Å²) in [7, 11) is 0. The summed E-state index contributed by atoms with van der Waals surface area (Å²) >= 11 is 0. The van der Waals surface area contributed by atoms with Crippen LogP contribution in [0.15, 0.2) is 41.3 Å². The van der Waals surface area contributed by atoms with E-state index in [1.807, 2.05) is 0 Å². The first-order valence-corrected chi connectivity index (χ1v) is 5.01. The maximum Gasteiger partial charge on any atom is 0.272 e. The topological polar surface area (TPSA) is 62.0 Å². The van der Waals surface area contributed by atoms with E-state index in [0.29, 0.717) is 6.07 Å². The van der Waals surface area contributed by atoms with Gasteiger partial charge in [0.05, 0.1) is 5.69 Å². The molecule has 1 amide bonds. The molecule has 0 aliphatic rings. The molecule has 0 radical (unpaired) electrons. The second-order valence-electron chi connectivity index (χ2n) is 3.52. The molecule has 0 atom stereocenters. The lowest BCUT2D eigenvalue weighted by Gasteiger charge is -2.05. The number of rotatable bonds is 2. The molecule has 0 aliphatic carbocycles. The second kappa shape index (κ2) is 4.79. The summed E-state index contributed by atoms with van der Waals surface area (Å²) in [6, 6.07) is 5.10. The van der Waals surface area contributed by atoms with Gasteiger partial charge in [-0.15, -0.1) is 0 Å². The number of hydrogen-bond acceptors (Lipinski definition) is 2. The maximum absolute atomic E-state index is 13.3. The van der Waals surface area contributed by atoms with E-state index >= 15 is 0 Å². The Kier molecular flexibility index (Phi) is 3.18. The van der Waals surface area contributed by atoms with Crippen molar-refractivity contribution >= 4 is 11.6 Å². The average Bonchev–Trinajstić information content (AvgIpc) is 2.32. The Morgan fingerprint density at radius 2 is 1.94 bits per heavy atom. The Hall–Kier alpha value is -2.50. The van der Waals surface area contributed by atoms with Gasteiger partial charge in [0.1, 0.15) is 17.3 Å². The SMILES string of the molecule is O=C(Nc1ccc(F)cc1F)c1cc(=O)cc[nH]1. The molecule has 4 nitrogen and oxygen atoms in total. The number of benzene rings is 1. The zero-order valence-electron chi connectivity index (χ0n) is 9.04. The minimum Gasteiger partial charge on any atom is -0.357 e. The molecule has 6 heteroatoms. The van der Waals surface area contributed by atoms with Crippen molar-refractivity contribution in [1.29, 1.82) is 0 Å². The van der Waals surface area contributed by atoms with E-state index in [9.17, 15) is 18.4 Å². The highest BCUT2D eigenvalue weighted by Gasteiger charge is 2.10. The molecule has 0 saturated carbocycles. The van der Waals surface area contributed by atoms with Gasteiger partial charge in [-0.25, -0.2) is 8.78 Å². The van der Waals surface area contributed by atoms with E-state index in [0.717, 1.165) is 18.2 Å². The van der Waals surface area contributed by atoms with Crippen LogP contribution >= 0.6 is 0 Å². The van der Waals surface area contributed by atoms with Gasteiger partial charge in [-0.1, -0.05) is 0 Å². The number of carbonyl (C=O) groups is 1. The van der Waals surface area contributed by atoms with Crippen LogP contribution in [0.1, 0.15) is 10.5 Å². The summed E-state index contributed by atoms with van der Waals surface area (Å²) in [4.78, 5) is 25.2. The van der Waals surface area contributed by atoms with E-state index < -0.39 is 17.5 Å². The molecule has 2 rings (SSSR count). The highest BCUT2D eigenvalue weighted by Crippen LogP contribution is 2.15. The summed E-state index contributed by atoms with van der Waals surface area (Å²) in [5, 5.41) is 2.23. The van der Waals surface area contributed by atoms with Crippen molar-refractivity contribution in [2.45, 2.75) is 0 Å². The molecule has 0 aliphatic heterocycles. The Bertz CT molecular complexity index is 653. The Morgan fingerprint density at radius 1 is 1.17 bits per heavy atom. The first kappa shape index (κ1) is 12.0. The average molecular weight is 250 g/mol. The highest BCUT2D eigenvalue weighted by molar-refractivity contribution is 6.02. The molecule has 0 unspecified atom stereocenters. The normalized spacial score (nSPS) is 10.1. The summed E-state index contributed by atoms with van der Waals surface area (Å²) in [5.74, 6) is -2.31. The third-order valence-corrected chi connectivity index (χ3v) is 2.20. The third kappa shape index (κ3) is 2.60. The smallest absolute Gasteiger partial charge is 0.272 e. The fourth-order valence-electron chi connectivity index (χ4n) is 1.36. The molecule has 92 valence electrons. The van der Waals surface area contributed by atoms with Gasteiger partial charge < -0.3 is 10.3 Å². The van der Waals surface area contributed by atoms with Crippen LogP contribution in [0.25, 0.3) is 0 Å². The van der Waals surface area contributed by atoms with Crippen molar-refractivity contribution in [3.05, 3.63) is 64.1 Å². The number of H-pyrrole nitrogens is 1. The molecule has 18 heavy (non-hydrogen) atoms. The highest BCUT2D eigenvalue weighted by atomic mass is 19.1. The van der Waals surface area contributed by atoms with Crippen LogP contribution in [0, 0.1) is 11.6 Å². The Labute approximate surface area is 100 Å². The molecular formula is C12H8F2N2O2. The molecule has 1 aromatic carbocycles. The molecule has 1 heterocycles. The number of aromatic amines is 1. The zero-order chi connectivity index (χ0) is 13.1. The van der Waals surface area contributed by atoms with Crippen LogP contribution in [-0.4, -0.2) is 10.9 Å². The molecule has 2 N–H and O–H groups in total. The zero-order valence-corrected chi connectivity index (χ0v) is 9.04. The molecule has 1 aromatic heterocycles. The lowest BCUT2D eigenvalue weighted by molar-refractivity contribution is 0.102. The van der Waals surface area contributed by atoms with Crippen LogP contribution in [0.4, 0.5) is 14.5 Å². The van der Waals surface area contributed by atoms with Gasteiger partial charge in [-0.2, -0.15) is 0 Å². The number of hydrogen-bond donors (Lipinski definition) is 2. The number of pyridine rings is 1. The van der Waals surface area contributed by atoms with Gasteiger partial charge >= 0.3 is 0 Å². The molecular weight excluding hydrogens is 242 g/mol. The van der Waals surface area contributed by atoms with E-state index in [1.165, 1.54) is 12.3 Å². The lowest BCUT2D eigenvalue weighted by Crippen LogP contribution is -2.16. The summed E-state index contributed by atoms with van der Waals surface area (Å²) in [5.41, 5.74) is -0.518. The first-order valence-electron chi connectivity index (χ1n) is 5.01. The molecule has 0 fully saturated rings. The van der Waals surface area contributed by atoms with E-state index in [-0.39, 0.29) is 16.8 Å². The first-order chi connectivity index (χ1) is 8.56. The van der Waals surface area contributed by atoms with Crippen LogP contribution in [-0.2, 0) is 0 Å². The Balaban J connectivity index is 2.24. The minimum absolute atomic E-state index is 0.00812. The summed E-state index contributed by atoms with van der Waals surface area (Å²) in [6.07, 6.45) is 1.30. The number of nitrogens with one attached hydrogen (secondary N) is 2. The fraction of sp³-hybridized carbons (Fsp3) is 0. The van der Waals surface area contributed by atoms with Crippen LogP contribution in [0.3, 0.4) is 0 Å². The van der Waals surface area contributed by atoms with Gasteiger partial charge in [-0.05, 0) is 12.1 Å². The van der Waals surface area contributed by atoms with Crippen molar-refractivity contribution in [3.63, 3.8) is 0 Å². The van der Waals surface area contributed by atoms with E-state index in [1.54, 1.807) is 0 Å². The van der Waals surface area contributed by atoms with Crippen molar-refractivity contribution < 1.29 is 13.6 Å². The standard InChI is InChI=1S/C12H8F2N2O2/c13-7-1-2-10(9(14)5-7)16-12(18)11-6-8(17)3-4-15-11/h1-6H,(H,15,17)(H,16,18). The predicted molar refractivity (Wildman–Crippen MR) is 61.4 cm³/mol. The largest absolute Gasteiger partial charge is 0.357 e.